The zero-order valence-electron chi connectivity index (χ0n) is 24.7. The standard InChI is InChI=1S/C30H56N.F6P/c1-5-7-9-11-13-15-16-17-18-20-22-24-30-27-28(3)26-29(4)31(30)25-23-21-19-14-12-10-8-6-2;1-7(2,3,4,5)6/h26-27H,5-25H2,1-4H3;/q+1;-1. The van der Waals surface area contributed by atoms with Crippen molar-refractivity contribution in [2.45, 2.75) is 163 Å². The molecular weight excluding hydrogens is 519 g/mol. The van der Waals surface area contributed by atoms with Gasteiger partial charge in [0.25, 0.3) is 0 Å². The first-order chi connectivity index (χ1) is 17.6. The van der Waals surface area contributed by atoms with E-state index in [9.17, 15) is 25.2 Å². The molecule has 0 aliphatic heterocycles. The van der Waals surface area contributed by atoms with Gasteiger partial charge in [-0.15, -0.1) is 0 Å². The van der Waals surface area contributed by atoms with Gasteiger partial charge in [-0.25, -0.2) is 4.57 Å². The summed E-state index contributed by atoms with van der Waals surface area (Å²) in [5.41, 5.74) is 4.47. The van der Waals surface area contributed by atoms with Crippen LogP contribution in [0.5, 0.6) is 0 Å². The molecule has 1 heterocycles. The topological polar surface area (TPSA) is 3.88 Å². The van der Waals surface area contributed by atoms with Crippen LogP contribution in [0.4, 0.5) is 25.2 Å². The zero-order chi connectivity index (χ0) is 29.0. The Bertz CT molecular complexity index is 723. The van der Waals surface area contributed by atoms with Crippen LogP contribution >= 0.6 is 7.81 Å². The van der Waals surface area contributed by atoms with E-state index < -0.39 is 7.81 Å². The Morgan fingerprint density at radius 1 is 0.526 bits per heavy atom. The van der Waals surface area contributed by atoms with Crippen molar-refractivity contribution >= 4 is 7.81 Å². The van der Waals surface area contributed by atoms with Crippen molar-refractivity contribution in [2.24, 2.45) is 0 Å². The van der Waals surface area contributed by atoms with E-state index in [1.54, 1.807) is 5.69 Å². The first-order valence-electron chi connectivity index (χ1n) is 15.2. The molecule has 1 rings (SSSR count). The summed E-state index contributed by atoms with van der Waals surface area (Å²) >= 11 is 0. The molecule has 0 amide bonds. The van der Waals surface area contributed by atoms with Gasteiger partial charge in [0.05, 0.1) is 0 Å². The van der Waals surface area contributed by atoms with Gasteiger partial charge in [-0.2, -0.15) is 0 Å². The number of pyridine rings is 1. The fourth-order valence-electron chi connectivity index (χ4n) is 4.92. The second-order valence-electron chi connectivity index (χ2n) is 11.0. The normalized spacial score (nSPS) is 13.5. The van der Waals surface area contributed by atoms with E-state index in [0.717, 1.165) is 0 Å². The molecule has 0 atom stereocenters. The molecule has 0 unspecified atom stereocenters. The summed E-state index contributed by atoms with van der Waals surface area (Å²) in [6, 6.07) is 4.82. The minimum absolute atomic E-state index is 1.22. The Balaban J connectivity index is 0.00000171. The minimum atomic E-state index is -10.7. The van der Waals surface area contributed by atoms with Gasteiger partial charge in [0.1, 0.15) is 6.54 Å². The third-order valence-corrected chi connectivity index (χ3v) is 6.88. The molecular formula is C30H56F6NP. The molecule has 0 bridgehead atoms. The van der Waals surface area contributed by atoms with Crippen molar-refractivity contribution in [1.82, 2.24) is 0 Å². The van der Waals surface area contributed by atoms with E-state index in [4.69, 9.17) is 0 Å². The summed E-state index contributed by atoms with van der Waals surface area (Å²) < 4.78 is 61.8. The van der Waals surface area contributed by atoms with E-state index in [2.05, 4.69) is 44.4 Å². The van der Waals surface area contributed by atoms with E-state index in [1.807, 2.05) is 0 Å². The van der Waals surface area contributed by atoms with Crippen molar-refractivity contribution < 1.29 is 29.7 Å². The van der Waals surface area contributed by atoms with Crippen molar-refractivity contribution in [3.8, 4) is 0 Å². The molecule has 0 aliphatic rings. The quantitative estimate of drug-likeness (QED) is 0.0594. The molecule has 0 spiro atoms. The van der Waals surface area contributed by atoms with Crippen LogP contribution in [0.1, 0.15) is 153 Å². The fourth-order valence-corrected chi connectivity index (χ4v) is 4.92. The predicted octanol–water partition coefficient (Wildman–Crippen LogP) is 13.0. The molecule has 0 saturated heterocycles. The zero-order valence-corrected chi connectivity index (χ0v) is 25.6. The van der Waals surface area contributed by atoms with Crippen molar-refractivity contribution in [3.63, 3.8) is 0 Å². The number of halogens is 6. The van der Waals surface area contributed by atoms with Crippen LogP contribution < -0.4 is 4.57 Å². The Kier molecular flexibility index (Phi) is 18.1. The van der Waals surface area contributed by atoms with Crippen LogP contribution in [-0.2, 0) is 13.0 Å². The molecule has 1 aromatic heterocycles. The van der Waals surface area contributed by atoms with Gasteiger partial charge < -0.3 is 0 Å². The SMILES string of the molecule is CCCCCCCCCCCCCc1cc(C)cc(C)[n+]1CCCCCCCCCC.F[P-](F)(F)(F)(F)F. The van der Waals surface area contributed by atoms with Gasteiger partial charge >= 0.3 is 33.0 Å². The second-order valence-corrected chi connectivity index (χ2v) is 13.0. The monoisotopic (exact) mass is 575 g/mol. The summed E-state index contributed by atoms with van der Waals surface area (Å²) in [5.74, 6) is 0. The Morgan fingerprint density at radius 2 is 0.868 bits per heavy atom. The first-order valence-corrected chi connectivity index (χ1v) is 17.2. The van der Waals surface area contributed by atoms with Crippen molar-refractivity contribution in [1.29, 1.82) is 0 Å². The van der Waals surface area contributed by atoms with Gasteiger partial charge in [-0.3, -0.25) is 0 Å². The average Bonchev–Trinajstić information content (AvgIpc) is 2.78. The van der Waals surface area contributed by atoms with E-state index in [-0.39, 0.29) is 0 Å². The maximum atomic E-state index is 9.87. The van der Waals surface area contributed by atoms with Crippen LogP contribution in [0, 0.1) is 13.8 Å². The van der Waals surface area contributed by atoms with Crippen LogP contribution in [-0.4, -0.2) is 0 Å². The third-order valence-electron chi connectivity index (χ3n) is 6.88. The number of hydrogen-bond acceptors (Lipinski definition) is 0. The summed E-state index contributed by atoms with van der Waals surface area (Å²) in [4.78, 5) is 0. The van der Waals surface area contributed by atoms with Crippen molar-refractivity contribution in [3.05, 3.63) is 29.1 Å². The average molecular weight is 576 g/mol. The van der Waals surface area contributed by atoms with Gasteiger partial charge in [-0.05, 0) is 25.3 Å². The molecule has 1 nitrogen and oxygen atoms in total. The molecule has 0 aromatic carbocycles. The van der Waals surface area contributed by atoms with Crippen LogP contribution in [0.2, 0.25) is 0 Å². The Morgan fingerprint density at radius 3 is 1.26 bits per heavy atom. The molecule has 1 aromatic rings. The predicted molar refractivity (Wildman–Crippen MR) is 152 cm³/mol. The van der Waals surface area contributed by atoms with Gasteiger partial charge in [-0.1, -0.05) is 117 Å². The number of nitrogens with zero attached hydrogens (tertiary/aromatic N) is 1. The molecule has 0 N–H and O–H groups in total. The summed E-state index contributed by atoms with van der Waals surface area (Å²) in [7, 11) is -10.7. The Hall–Kier alpha value is -0.840. The second kappa shape index (κ2) is 18.5. The van der Waals surface area contributed by atoms with E-state index >= 15 is 0 Å². The first kappa shape index (κ1) is 37.2. The van der Waals surface area contributed by atoms with Gasteiger partial charge in [0.2, 0.25) is 0 Å². The van der Waals surface area contributed by atoms with E-state index in [0.29, 0.717) is 0 Å². The maximum absolute atomic E-state index is 10.7. The summed E-state index contributed by atoms with van der Waals surface area (Å²) in [5, 5.41) is 0. The van der Waals surface area contributed by atoms with Crippen LogP contribution in [0.25, 0.3) is 0 Å². The molecule has 38 heavy (non-hydrogen) atoms. The van der Waals surface area contributed by atoms with E-state index in [1.165, 1.54) is 146 Å². The number of aromatic nitrogens is 1. The Labute approximate surface area is 229 Å². The number of aryl methyl sites for hydroxylation is 3. The summed E-state index contributed by atoms with van der Waals surface area (Å²) in [6.07, 6.45) is 28.2. The molecule has 0 aliphatic carbocycles. The number of unbranched alkanes of at least 4 members (excludes halogenated alkanes) is 17. The van der Waals surface area contributed by atoms with Crippen molar-refractivity contribution in [2.75, 3.05) is 0 Å². The molecule has 0 fully saturated rings. The molecule has 228 valence electrons. The third kappa shape index (κ3) is 28.2. The fraction of sp³-hybridized carbons (Fsp3) is 0.833. The molecule has 8 heteroatoms. The summed E-state index contributed by atoms with van der Waals surface area (Å²) in [6.45, 7) is 10.4. The van der Waals surface area contributed by atoms with Crippen LogP contribution in [0.15, 0.2) is 12.1 Å². The molecule has 0 saturated carbocycles. The van der Waals surface area contributed by atoms with Gasteiger partial charge in [0, 0.05) is 31.9 Å². The molecule has 0 radical (unpaired) electrons. The number of rotatable bonds is 21. The van der Waals surface area contributed by atoms with Gasteiger partial charge in [0.15, 0.2) is 11.4 Å². The number of hydrogen-bond donors (Lipinski definition) is 0. The van der Waals surface area contributed by atoms with Crippen LogP contribution in [0.3, 0.4) is 0 Å².